The van der Waals surface area contributed by atoms with E-state index in [0.717, 1.165) is 21.2 Å². The molecular formula is C23H17Cl2NO4S. The van der Waals surface area contributed by atoms with Crippen LogP contribution in [0.2, 0.25) is 10.0 Å². The van der Waals surface area contributed by atoms with E-state index in [1.54, 1.807) is 28.8 Å². The third-order valence-corrected chi connectivity index (χ3v) is 6.21. The summed E-state index contributed by atoms with van der Waals surface area (Å²) in [6.45, 7) is 1.11. The molecule has 0 N–H and O–H groups in total. The first kappa shape index (κ1) is 21.6. The standard InChI is InChI=1S/C23H17Cl2NO4S/c1-14(30-19-11-10-15(24)12-16(19)25)23(28)29-13-22(27)26-17-6-2-4-8-20(17)31-21-9-5-3-7-18(21)26/h2-12,14H,13H2,1H3. The Morgan fingerprint density at radius 3 is 2.19 bits per heavy atom. The van der Waals surface area contributed by atoms with Gasteiger partial charge in [0.25, 0.3) is 5.91 Å². The highest BCUT2D eigenvalue weighted by Crippen LogP contribution is 2.47. The van der Waals surface area contributed by atoms with Gasteiger partial charge in [0.15, 0.2) is 12.7 Å². The quantitative estimate of drug-likeness (QED) is 0.416. The summed E-state index contributed by atoms with van der Waals surface area (Å²) >= 11 is 13.5. The van der Waals surface area contributed by atoms with E-state index in [4.69, 9.17) is 32.7 Å². The summed E-state index contributed by atoms with van der Waals surface area (Å²) in [6.07, 6.45) is -0.956. The van der Waals surface area contributed by atoms with Crippen LogP contribution in [-0.4, -0.2) is 24.6 Å². The Morgan fingerprint density at radius 2 is 1.58 bits per heavy atom. The molecule has 8 heteroatoms. The molecule has 0 radical (unpaired) electrons. The Bertz CT molecular complexity index is 1110. The predicted molar refractivity (Wildman–Crippen MR) is 122 cm³/mol. The Morgan fingerprint density at radius 1 is 0.968 bits per heavy atom. The fraction of sp³-hybridized carbons (Fsp3) is 0.130. The number of carbonyl (C=O) groups is 2. The molecule has 0 aliphatic carbocycles. The SMILES string of the molecule is CC(Oc1ccc(Cl)cc1Cl)C(=O)OCC(=O)N1c2ccccc2Sc2ccccc21. The first-order valence-electron chi connectivity index (χ1n) is 9.41. The predicted octanol–water partition coefficient (Wildman–Crippen LogP) is 6.13. The number of fused-ring (bicyclic) bond motifs is 2. The van der Waals surface area contributed by atoms with Crippen molar-refractivity contribution in [2.45, 2.75) is 22.8 Å². The van der Waals surface area contributed by atoms with Crippen LogP contribution in [0.3, 0.4) is 0 Å². The molecule has 0 saturated heterocycles. The molecule has 4 rings (SSSR count). The normalized spacial score (nSPS) is 13.1. The number of para-hydroxylation sites is 2. The average Bonchev–Trinajstić information content (AvgIpc) is 2.77. The van der Waals surface area contributed by atoms with Crippen molar-refractivity contribution in [3.63, 3.8) is 0 Å². The van der Waals surface area contributed by atoms with Gasteiger partial charge in [-0.05, 0) is 49.4 Å². The molecule has 1 unspecified atom stereocenters. The van der Waals surface area contributed by atoms with Crippen molar-refractivity contribution in [3.05, 3.63) is 76.8 Å². The highest BCUT2D eigenvalue weighted by Gasteiger charge is 2.29. The van der Waals surface area contributed by atoms with Gasteiger partial charge in [0.1, 0.15) is 5.75 Å². The fourth-order valence-corrected chi connectivity index (χ4v) is 4.61. The topological polar surface area (TPSA) is 55.8 Å². The zero-order chi connectivity index (χ0) is 22.0. The van der Waals surface area contributed by atoms with Crippen LogP contribution in [0.5, 0.6) is 5.75 Å². The molecule has 3 aromatic rings. The molecule has 0 fully saturated rings. The number of nitrogens with zero attached hydrogens (tertiary/aromatic N) is 1. The lowest BCUT2D eigenvalue weighted by molar-refractivity contribution is -0.154. The van der Waals surface area contributed by atoms with E-state index in [9.17, 15) is 9.59 Å². The van der Waals surface area contributed by atoms with Crippen molar-refractivity contribution in [2.75, 3.05) is 11.5 Å². The van der Waals surface area contributed by atoms with Crippen LogP contribution in [-0.2, 0) is 14.3 Å². The minimum absolute atomic E-state index is 0.280. The highest BCUT2D eigenvalue weighted by atomic mass is 35.5. The first-order chi connectivity index (χ1) is 14.9. The van der Waals surface area contributed by atoms with Gasteiger partial charge in [0.2, 0.25) is 0 Å². The summed E-state index contributed by atoms with van der Waals surface area (Å²) in [5.74, 6) is -0.727. The molecule has 0 aromatic heterocycles. The molecule has 0 spiro atoms. The number of amides is 1. The molecule has 1 atom stereocenters. The number of hydrogen-bond donors (Lipinski definition) is 0. The molecule has 0 bridgehead atoms. The summed E-state index contributed by atoms with van der Waals surface area (Å²) < 4.78 is 10.8. The average molecular weight is 474 g/mol. The maximum atomic E-state index is 13.1. The molecule has 5 nitrogen and oxygen atoms in total. The van der Waals surface area contributed by atoms with Gasteiger partial charge in [-0.1, -0.05) is 59.2 Å². The maximum Gasteiger partial charge on any atom is 0.347 e. The van der Waals surface area contributed by atoms with Crippen LogP contribution in [0.25, 0.3) is 0 Å². The minimum atomic E-state index is -0.956. The fourth-order valence-electron chi connectivity index (χ4n) is 3.10. The van der Waals surface area contributed by atoms with Crippen LogP contribution in [0.15, 0.2) is 76.5 Å². The molecular weight excluding hydrogens is 457 g/mol. The number of rotatable bonds is 5. The van der Waals surface area contributed by atoms with Crippen molar-refractivity contribution in [1.29, 1.82) is 0 Å². The molecule has 1 aliphatic rings. The zero-order valence-corrected chi connectivity index (χ0v) is 18.7. The lowest BCUT2D eigenvalue weighted by Crippen LogP contribution is -2.35. The van der Waals surface area contributed by atoms with Gasteiger partial charge in [-0.15, -0.1) is 0 Å². The summed E-state index contributed by atoms with van der Waals surface area (Å²) in [5, 5.41) is 0.737. The second-order valence-electron chi connectivity index (χ2n) is 6.71. The smallest absolute Gasteiger partial charge is 0.347 e. The van der Waals surface area contributed by atoms with Crippen molar-refractivity contribution in [2.24, 2.45) is 0 Å². The van der Waals surface area contributed by atoms with Gasteiger partial charge in [0.05, 0.1) is 16.4 Å². The number of esters is 1. The molecule has 31 heavy (non-hydrogen) atoms. The van der Waals surface area contributed by atoms with E-state index in [1.165, 1.54) is 13.0 Å². The van der Waals surface area contributed by atoms with Crippen LogP contribution < -0.4 is 9.64 Å². The maximum absolute atomic E-state index is 13.1. The lowest BCUT2D eigenvalue weighted by atomic mass is 10.2. The van der Waals surface area contributed by atoms with E-state index in [0.29, 0.717) is 10.8 Å². The van der Waals surface area contributed by atoms with Crippen LogP contribution in [0.1, 0.15) is 6.92 Å². The van der Waals surface area contributed by atoms with Gasteiger partial charge >= 0.3 is 5.97 Å². The Hall–Kier alpha value is -2.67. The van der Waals surface area contributed by atoms with Crippen molar-refractivity contribution in [3.8, 4) is 5.75 Å². The molecule has 3 aromatic carbocycles. The third-order valence-electron chi connectivity index (χ3n) is 4.55. The number of ether oxygens (including phenoxy) is 2. The largest absolute Gasteiger partial charge is 0.477 e. The van der Waals surface area contributed by atoms with Crippen molar-refractivity contribution in [1.82, 2.24) is 0 Å². The number of hydrogen-bond acceptors (Lipinski definition) is 5. The Kier molecular flexibility index (Phi) is 6.41. The molecule has 1 heterocycles. The van der Waals surface area contributed by atoms with Crippen LogP contribution in [0, 0.1) is 0 Å². The monoisotopic (exact) mass is 473 g/mol. The second kappa shape index (κ2) is 9.22. The van der Waals surface area contributed by atoms with E-state index in [-0.39, 0.29) is 10.9 Å². The third kappa shape index (κ3) is 4.66. The van der Waals surface area contributed by atoms with Gasteiger partial charge in [-0.25, -0.2) is 4.79 Å². The number of benzene rings is 3. The molecule has 1 aliphatic heterocycles. The number of halogens is 2. The van der Waals surface area contributed by atoms with Crippen molar-refractivity contribution < 1.29 is 19.1 Å². The number of carbonyl (C=O) groups excluding carboxylic acids is 2. The van der Waals surface area contributed by atoms with Gasteiger partial charge < -0.3 is 9.47 Å². The first-order valence-corrected chi connectivity index (χ1v) is 11.0. The zero-order valence-electron chi connectivity index (χ0n) is 16.4. The highest BCUT2D eigenvalue weighted by molar-refractivity contribution is 7.99. The summed E-state index contributed by atoms with van der Waals surface area (Å²) in [6, 6.07) is 19.9. The second-order valence-corrected chi connectivity index (χ2v) is 8.64. The number of anilines is 2. The van der Waals surface area contributed by atoms with Crippen molar-refractivity contribution >= 4 is 58.2 Å². The van der Waals surface area contributed by atoms with E-state index < -0.39 is 18.7 Å². The van der Waals surface area contributed by atoms with Crippen LogP contribution >= 0.6 is 35.0 Å². The molecule has 158 valence electrons. The molecule has 0 saturated carbocycles. The minimum Gasteiger partial charge on any atom is -0.477 e. The van der Waals surface area contributed by atoms with E-state index in [2.05, 4.69) is 0 Å². The van der Waals surface area contributed by atoms with E-state index in [1.807, 2.05) is 48.5 Å². The van der Waals surface area contributed by atoms with Gasteiger partial charge in [-0.3, -0.25) is 9.69 Å². The van der Waals surface area contributed by atoms with Gasteiger partial charge in [-0.2, -0.15) is 0 Å². The van der Waals surface area contributed by atoms with E-state index >= 15 is 0 Å². The molecule has 1 amide bonds. The van der Waals surface area contributed by atoms with Crippen LogP contribution in [0.4, 0.5) is 11.4 Å². The summed E-state index contributed by atoms with van der Waals surface area (Å²) in [7, 11) is 0. The van der Waals surface area contributed by atoms with Gasteiger partial charge in [0, 0.05) is 14.8 Å². The summed E-state index contributed by atoms with van der Waals surface area (Å²) in [4.78, 5) is 29.0. The summed E-state index contributed by atoms with van der Waals surface area (Å²) in [5.41, 5.74) is 1.51. The lowest BCUT2D eigenvalue weighted by Gasteiger charge is -2.30. The Labute approximate surface area is 193 Å². The Balaban J connectivity index is 1.46.